The first-order valence-corrected chi connectivity index (χ1v) is 6.04. The zero-order chi connectivity index (χ0) is 12.7. The highest BCUT2D eigenvalue weighted by atomic mass is 32.1. The fourth-order valence-electron chi connectivity index (χ4n) is 1.30. The van der Waals surface area contributed by atoms with E-state index < -0.39 is 0 Å². The third-order valence-electron chi connectivity index (χ3n) is 1.97. The largest absolute Gasteiger partial charge is 0.384 e. The fraction of sp³-hybridized carbons (Fsp3) is 0.417. The van der Waals surface area contributed by atoms with Gasteiger partial charge < -0.3 is 15.2 Å². The number of ether oxygens (including phenoxy) is 1. The minimum absolute atomic E-state index is 0.0479. The molecule has 1 atom stereocenters. The van der Waals surface area contributed by atoms with Gasteiger partial charge in [-0.1, -0.05) is 11.8 Å². The molecule has 1 rings (SSSR count). The topological polar surface area (TPSA) is 58.6 Å². The van der Waals surface area contributed by atoms with Crippen LogP contribution in [0.25, 0.3) is 0 Å². The Bertz CT molecular complexity index is 430. The van der Waals surface area contributed by atoms with Gasteiger partial charge in [-0.15, -0.1) is 11.3 Å². The molecule has 5 heteroatoms. The molecule has 1 aromatic rings. The number of hydrogen-bond acceptors (Lipinski definition) is 4. The summed E-state index contributed by atoms with van der Waals surface area (Å²) in [6.07, 6.45) is 0. The van der Waals surface area contributed by atoms with E-state index in [1.165, 1.54) is 11.3 Å². The molecule has 17 heavy (non-hydrogen) atoms. The molecule has 0 aliphatic heterocycles. The molecule has 0 spiro atoms. The Morgan fingerprint density at radius 2 is 2.47 bits per heavy atom. The van der Waals surface area contributed by atoms with Crippen molar-refractivity contribution in [2.75, 3.05) is 20.3 Å². The van der Waals surface area contributed by atoms with E-state index in [2.05, 4.69) is 17.2 Å². The van der Waals surface area contributed by atoms with Crippen molar-refractivity contribution in [1.29, 1.82) is 0 Å². The lowest BCUT2D eigenvalue weighted by molar-refractivity contribution is 0.0909. The van der Waals surface area contributed by atoms with Crippen LogP contribution in [-0.2, 0) is 4.74 Å². The van der Waals surface area contributed by atoms with Crippen molar-refractivity contribution in [3.63, 3.8) is 0 Å². The van der Waals surface area contributed by atoms with Crippen LogP contribution in [0.5, 0.6) is 0 Å². The summed E-state index contributed by atoms with van der Waals surface area (Å²) in [4.78, 5) is 12.5. The third-order valence-corrected chi connectivity index (χ3v) is 2.88. The minimum atomic E-state index is -0.211. The summed E-state index contributed by atoms with van der Waals surface area (Å²) < 4.78 is 4.94. The minimum Gasteiger partial charge on any atom is -0.384 e. The van der Waals surface area contributed by atoms with Gasteiger partial charge in [0, 0.05) is 18.7 Å². The molecule has 4 nitrogen and oxygen atoms in total. The molecule has 0 radical (unpaired) electrons. The van der Waals surface area contributed by atoms with Crippen LogP contribution in [0.4, 0.5) is 0 Å². The molecule has 0 aliphatic rings. The van der Waals surface area contributed by atoms with E-state index in [0.717, 1.165) is 0 Å². The van der Waals surface area contributed by atoms with Gasteiger partial charge in [0.2, 0.25) is 0 Å². The molecular formula is C12H15NO3S. The molecule has 1 amide bonds. The van der Waals surface area contributed by atoms with E-state index in [0.29, 0.717) is 17.0 Å². The quantitative estimate of drug-likeness (QED) is 0.782. The molecule has 0 aromatic carbocycles. The zero-order valence-corrected chi connectivity index (χ0v) is 10.6. The lowest BCUT2D eigenvalue weighted by atomic mass is 10.2. The third kappa shape index (κ3) is 4.19. The van der Waals surface area contributed by atoms with Gasteiger partial charge >= 0.3 is 0 Å². The summed E-state index contributed by atoms with van der Waals surface area (Å²) in [6, 6.07) is 1.72. The smallest absolute Gasteiger partial charge is 0.262 e. The maximum atomic E-state index is 11.9. The number of amides is 1. The van der Waals surface area contributed by atoms with Crippen LogP contribution >= 0.6 is 11.3 Å². The molecule has 2 N–H and O–H groups in total. The zero-order valence-electron chi connectivity index (χ0n) is 9.82. The molecule has 1 unspecified atom stereocenters. The predicted molar refractivity (Wildman–Crippen MR) is 67.1 cm³/mol. The Balaban J connectivity index is 2.72. The van der Waals surface area contributed by atoms with Gasteiger partial charge in [-0.25, -0.2) is 0 Å². The van der Waals surface area contributed by atoms with E-state index in [1.807, 2.05) is 6.92 Å². The van der Waals surface area contributed by atoms with E-state index in [9.17, 15) is 4.79 Å². The maximum Gasteiger partial charge on any atom is 0.262 e. The highest BCUT2D eigenvalue weighted by Crippen LogP contribution is 2.15. The van der Waals surface area contributed by atoms with E-state index in [-0.39, 0.29) is 18.6 Å². The van der Waals surface area contributed by atoms with Gasteiger partial charge in [0.15, 0.2) is 0 Å². The normalized spacial score (nSPS) is 11.5. The number of rotatable bonds is 4. The van der Waals surface area contributed by atoms with Crippen LogP contribution in [0.15, 0.2) is 11.4 Å². The number of aliphatic hydroxyl groups excluding tert-OH is 1. The second-order valence-electron chi connectivity index (χ2n) is 3.45. The summed E-state index contributed by atoms with van der Waals surface area (Å²) in [5, 5.41) is 13.2. The Morgan fingerprint density at radius 3 is 3.12 bits per heavy atom. The lowest BCUT2D eigenvalue weighted by Crippen LogP contribution is -2.35. The summed E-state index contributed by atoms with van der Waals surface area (Å²) >= 11 is 1.33. The molecule has 1 aromatic heterocycles. The Labute approximate surface area is 105 Å². The molecular weight excluding hydrogens is 238 g/mol. The molecule has 0 aliphatic carbocycles. The average Bonchev–Trinajstić information content (AvgIpc) is 2.74. The average molecular weight is 253 g/mol. The highest BCUT2D eigenvalue weighted by Gasteiger charge is 2.14. The van der Waals surface area contributed by atoms with Crippen LogP contribution in [0.3, 0.4) is 0 Å². The first-order chi connectivity index (χ1) is 8.19. The number of methoxy groups -OCH3 is 1. The summed E-state index contributed by atoms with van der Waals surface area (Å²) in [7, 11) is 1.59. The van der Waals surface area contributed by atoms with Crippen LogP contribution in [0.2, 0.25) is 0 Å². The van der Waals surface area contributed by atoms with Crippen molar-refractivity contribution in [2.45, 2.75) is 13.0 Å². The molecule has 1 heterocycles. The van der Waals surface area contributed by atoms with E-state index in [1.54, 1.807) is 18.6 Å². The number of aliphatic hydroxyl groups is 1. The Kier molecular flexibility index (Phi) is 5.70. The molecule has 0 fully saturated rings. The van der Waals surface area contributed by atoms with Crippen LogP contribution in [-0.4, -0.2) is 37.4 Å². The van der Waals surface area contributed by atoms with E-state index in [4.69, 9.17) is 9.84 Å². The van der Waals surface area contributed by atoms with E-state index >= 15 is 0 Å². The molecule has 0 saturated carbocycles. The fourth-order valence-corrected chi connectivity index (χ4v) is 2.05. The van der Waals surface area contributed by atoms with Crippen molar-refractivity contribution in [3.05, 3.63) is 21.9 Å². The van der Waals surface area contributed by atoms with Crippen LogP contribution in [0, 0.1) is 11.8 Å². The van der Waals surface area contributed by atoms with Crippen molar-refractivity contribution >= 4 is 17.2 Å². The number of nitrogens with one attached hydrogen (secondary N) is 1. The SMILES string of the molecule is COCC(C)NC(=O)c1sccc1C#CCO. The van der Waals surface area contributed by atoms with Crippen LogP contribution < -0.4 is 5.32 Å². The van der Waals surface area contributed by atoms with Gasteiger partial charge in [0.1, 0.15) is 11.5 Å². The first kappa shape index (κ1) is 13.7. The summed E-state index contributed by atoms with van der Waals surface area (Å²) in [5.41, 5.74) is 0.645. The van der Waals surface area contributed by atoms with Gasteiger partial charge in [0.05, 0.1) is 6.61 Å². The summed E-state index contributed by atoms with van der Waals surface area (Å²) in [5.74, 6) is 5.12. The number of carbonyl (C=O) groups is 1. The predicted octanol–water partition coefficient (Wildman–Crippen LogP) is 0.857. The first-order valence-electron chi connectivity index (χ1n) is 5.16. The molecule has 92 valence electrons. The highest BCUT2D eigenvalue weighted by molar-refractivity contribution is 7.12. The number of thiophene rings is 1. The molecule has 0 bridgehead atoms. The van der Waals surface area contributed by atoms with Crippen molar-refractivity contribution < 1.29 is 14.6 Å². The van der Waals surface area contributed by atoms with Gasteiger partial charge in [-0.2, -0.15) is 0 Å². The molecule has 0 saturated heterocycles. The van der Waals surface area contributed by atoms with Gasteiger partial charge in [-0.05, 0) is 18.4 Å². The number of carbonyl (C=O) groups excluding carboxylic acids is 1. The lowest BCUT2D eigenvalue weighted by Gasteiger charge is -2.11. The maximum absolute atomic E-state index is 11.9. The standard InChI is InChI=1S/C12H15NO3S/c1-9(8-16-2)13-12(15)11-10(4-3-6-14)5-7-17-11/h5,7,9,14H,6,8H2,1-2H3,(H,13,15). The number of hydrogen-bond donors (Lipinski definition) is 2. The second kappa shape index (κ2) is 7.07. The second-order valence-corrected chi connectivity index (χ2v) is 4.37. The van der Waals surface area contributed by atoms with Gasteiger partial charge in [0.25, 0.3) is 5.91 Å². The monoisotopic (exact) mass is 253 g/mol. The van der Waals surface area contributed by atoms with Crippen molar-refractivity contribution in [2.24, 2.45) is 0 Å². The summed E-state index contributed by atoms with van der Waals surface area (Å²) in [6.45, 7) is 2.12. The Morgan fingerprint density at radius 1 is 1.71 bits per heavy atom. The van der Waals surface area contributed by atoms with Crippen molar-refractivity contribution in [1.82, 2.24) is 5.32 Å². The van der Waals surface area contributed by atoms with Crippen LogP contribution in [0.1, 0.15) is 22.2 Å². The van der Waals surface area contributed by atoms with Crippen molar-refractivity contribution in [3.8, 4) is 11.8 Å². The Hall–Kier alpha value is -1.35. The van der Waals surface area contributed by atoms with Gasteiger partial charge in [-0.3, -0.25) is 4.79 Å².